The summed E-state index contributed by atoms with van der Waals surface area (Å²) in [6.45, 7) is 4.30. The van der Waals surface area contributed by atoms with Gasteiger partial charge in [0.05, 0.1) is 6.10 Å². The van der Waals surface area contributed by atoms with Crippen molar-refractivity contribution in [2.45, 2.75) is 32.3 Å². The van der Waals surface area contributed by atoms with Gasteiger partial charge in [-0.05, 0) is 35.4 Å². The van der Waals surface area contributed by atoms with E-state index in [1.165, 1.54) is 5.56 Å². The number of rotatable bonds is 2. The largest absolute Gasteiger partial charge is 0.393 e. The van der Waals surface area contributed by atoms with E-state index < -0.39 is 0 Å². The van der Waals surface area contributed by atoms with Crippen LogP contribution in [0.4, 0.5) is 0 Å². The van der Waals surface area contributed by atoms with Crippen LogP contribution < -0.4 is 0 Å². The molecule has 15 heavy (non-hydrogen) atoms. The molecule has 0 bridgehead atoms. The summed E-state index contributed by atoms with van der Waals surface area (Å²) in [5, 5.41) is 9.87. The molecular weight excluding hydrogens is 252 g/mol. The van der Waals surface area contributed by atoms with E-state index in [9.17, 15) is 5.11 Å². The Morgan fingerprint density at radius 2 is 2.13 bits per heavy atom. The third-order valence-corrected chi connectivity index (χ3v) is 4.20. The van der Waals surface area contributed by atoms with Gasteiger partial charge in [-0.3, -0.25) is 0 Å². The predicted octanol–water partition coefficient (Wildman–Crippen LogP) is 3.57. The molecule has 1 saturated carbocycles. The van der Waals surface area contributed by atoms with E-state index in [1.807, 2.05) is 6.07 Å². The SMILES string of the molecule is CCC1C(O)C(C)C1c1cccc(Br)c1. The van der Waals surface area contributed by atoms with Crippen molar-refractivity contribution in [3.63, 3.8) is 0 Å². The van der Waals surface area contributed by atoms with Crippen LogP contribution in [0.1, 0.15) is 31.7 Å². The Labute approximate surface area is 99.6 Å². The first-order valence-corrected chi connectivity index (χ1v) is 6.38. The molecule has 0 heterocycles. The minimum Gasteiger partial charge on any atom is -0.393 e. The molecule has 4 unspecified atom stereocenters. The van der Waals surface area contributed by atoms with Crippen LogP contribution in [0.2, 0.25) is 0 Å². The molecule has 0 aromatic heterocycles. The number of halogens is 1. The maximum absolute atomic E-state index is 9.87. The third-order valence-electron chi connectivity index (χ3n) is 3.71. The maximum atomic E-state index is 9.87. The van der Waals surface area contributed by atoms with Crippen LogP contribution in [-0.2, 0) is 0 Å². The smallest absolute Gasteiger partial charge is 0.0605 e. The van der Waals surface area contributed by atoms with Gasteiger partial charge in [0.25, 0.3) is 0 Å². The van der Waals surface area contributed by atoms with Crippen molar-refractivity contribution in [2.75, 3.05) is 0 Å². The first-order chi connectivity index (χ1) is 7.15. The lowest BCUT2D eigenvalue weighted by Crippen LogP contribution is -2.47. The lowest BCUT2D eigenvalue weighted by molar-refractivity contribution is -0.0583. The molecule has 4 atom stereocenters. The molecule has 1 aliphatic rings. The topological polar surface area (TPSA) is 20.2 Å². The molecular formula is C13H17BrO. The highest BCUT2D eigenvalue weighted by atomic mass is 79.9. The Morgan fingerprint density at radius 1 is 1.40 bits per heavy atom. The normalized spacial score (nSPS) is 34.9. The molecule has 1 aliphatic carbocycles. The van der Waals surface area contributed by atoms with Crippen LogP contribution in [0, 0.1) is 11.8 Å². The number of hydrogen-bond acceptors (Lipinski definition) is 1. The number of hydrogen-bond donors (Lipinski definition) is 1. The van der Waals surface area contributed by atoms with Gasteiger partial charge < -0.3 is 5.11 Å². The van der Waals surface area contributed by atoms with Gasteiger partial charge in [-0.2, -0.15) is 0 Å². The second kappa shape index (κ2) is 4.26. The van der Waals surface area contributed by atoms with E-state index in [-0.39, 0.29) is 6.10 Å². The zero-order valence-electron chi connectivity index (χ0n) is 9.15. The van der Waals surface area contributed by atoms with Crippen molar-refractivity contribution >= 4 is 15.9 Å². The molecule has 1 nitrogen and oxygen atoms in total. The zero-order chi connectivity index (χ0) is 11.0. The fourth-order valence-electron chi connectivity index (χ4n) is 2.82. The number of aliphatic hydroxyl groups is 1. The van der Waals surface area contributed by atoms with Crippen molar-refractivity contribution in [2.24, 2.45) is 11.8 Å². The summed E-state index contributed by atoms with van der Waals surface area (Å²) >= 11 is 3.50. The highest BCUT2D eigenvalue weighted by molar-refractivity contribution is 9.10. The molecule has 0 amide bonds. The highest BCUT2D eigenvalue weighted by Gasteiger charge is 2.46. The second-order valence-corrected chi connectivity index (χ2v) is 5.42. The Balaban J connectivity index is 2.24. The number of benzene rings is 1. The average molecular weight is 269 g/mol. The standard InChI is InChI=1S/C13H17BrO/c1-3-11-12(8(2)13(11)15)9-5-4-6-10(14)7-9/h4-8,11-13,15H,3H2,1-2H3. The molecule has 1 aromatic rings. The molecule has 82 valence electrons. The van der Waals surface area contributed by atoms with Crippen molar-refractivity contribution in [3.8, 4) is 0 Å². The molecule has 0 radical (unpaired) electrons. The van der Waals surface area contributed by atoms with Gasteiger partial charge in [0.1, 0.15) is 0 Å². The van der Waals surface area contributed by atoms with E-state index >= 15 is 0 Å². The summed E-state index contributed by atoms with van der Waals surface area (Å²) in [5.41, 5.74) is 1.36. The maximum Gasteiger partial charge on any atom is 0.0605 e. The summed E-state index contributed by atoms with van der Waals surface area (Å²) in [6.07, 6.45) is 0.946. The summed E-state index contributed by atoms with van der Waals surface area (Å²) in [7, 11) is 0. The van der Waals surface area contributed by atoms with Crippen LogP contribution in [0.5, 0.6) is 0 Å². The Bertz CT molecular complexity index is 350. The molecule has 0 aliphatic heterocycles. The van der Waals surface area contributed by atoms with Crippen molar-refractivity contribution in [1.82, 2.24) is 0 Å². The van der Waals surface area contributed by atoms with Gasteiger partial charge in [-0.1, -0.05) is 48.3 Å². The van der Waals surface area contributed by atoms with E-state index in [0.717, 1.165) is 10.9 Å². The highest BCUT2D eigenvalue weighted by Crippen LogP contribution is 2.49. The monoisotopic (exact) mass is 268 g/mol. The van der Waals surface area contributed by atoms with Crippen molar-refractivity contribution in [3.05, 3.63) is 34.3 Å². The van der Waals surface area contributed by atoms with Gasteiger partial charge in [0, 0.05) is 4.47 Å². The summed E-state index contributed by atoms with van der Waals surface area (Å²) in [5.74, 6) is 1.36. The quantitative estimate of drug-likeness (QED) is 0.870. The zero-order valence-corrected chi connectivity index (χ0v) is 10.7. The predicted molar refractivity (Wildman–Crippen MR) is 65.8 cm³/mol. The van der Waals surface area contributed by atoms with E-state index in [1.54, 1.807) is 0 Å². The minimum atomic E-state index is -0.112. The van der Waals surface area contributed by atoms with Crippen LogP contribution in [0.3, 0.4) is 0 Å². The fourth-order valence-corrected chi connectivity index (χ4v) is 3.24. The van der Waals surface area contributed by atoms with Gasteiger partial charge >= 0.3 is 0 Å². The van der Waals surface area contributed by atoms with Gasteiger partial charge in [0.15, 0.2) is 0 Å². The van der Waals surface area contributed by atoms with Crippen LogP contribution in [0.25, 0.3) is 0 Å². The first-order valence-electron chi connectivity index (χ1n) is 5.58. The molecule has 1 fully saturated rings. The lowest BCUT2D eigenvalue weighted by atomic mass is 9.59. The van der Waals surface area contributed by atoms with Gasteiger partial charge in [-0.15, -0.1) is 0 Å². The Kier molecular flexibility index (Phi) is 3.17. The molecule has 0 saturated heterocycles. The molecule has 0 spiro atoms. The van der Waals surface area contributed by atoms with Gasteiger partial charge in [0.2, 0.25) is 0 Å². The van der Waals surface area contributed by atoms with Crippen LogP contribution in [-0.4, -0.2) is 11.2 Å². The minimum absolute atomic E-state index is 0.112. The lowest BCUT2D eigenvalue weighted by Gasteiger charge is -2.48. The fraction of sp³-hybridized carbons (Fsp3) is 0.538. The van der Waals surface area contributed by atoms with Crippen LogP contribution >= 0.6 is 15.9 Å². The average Bonchev–Trinajstić information content (AvgIpc) is 2.24. The van der Waals surface area contributed by atoms with E-state index in [0.29, 0.717) is 17.8 Å². The second-order valence-electron chi connectivity index (χ2n) is 4.50. The van der Waals surface area contributed by atoms with E-state index in [2.05, 4.69) is 48.0 Å². The molecule has 1 N–H and O–H groups in total. The van der Waals surface area contributed by atoms with Crippen LogP contribution in [0.15, 0.2) is 28.7 Å². The first kappa shape index (κ1) is 11.2. The molecule has 1 aromatic carbocycles. The Hall–Kier alpha value is -0.340. The summed E-state index contributed by atoms with van der Waals surface area (Å²) < 4.78 is 1.13. The van der Waals surface area contributed by atoms with Crippen molar-refractivity contribution in [1.29, 1.82) is 0 Å². The molecule has 2 heteroatoms. The number of aliphatic hydroxyl groups excluding tert-OH is 1. The summed E-state index contributed by atoms with van der Waals surface area (Å²) in [6, 6.07) is 8.46. The Morgan fingerprint density at radius 3 is 2.73 bits per heavy atom. The van der Waals surface area contributed by atoms with Gasteiger partial charge in [-0.25, -0.2) is 0 Å². The van der Waals surface area contributed by atoms with E-state index in [4.69, 9.17) is 0 Å². The van der Waals surface area contributed by atoms with Crippen molar-refractivity contribution < 1.29 is 5.11 Å². The molecule has 2 rings (SSSR count). The summed E-state index contributed by atoms with van der Waals surface area (Å²) in [4.78, 5) is 0. The third kappa shape index (κ3) is 1.85.